The number of nitrogens with zero attached hydrogens (tertiary/aromatic N) is 4. The predicted molar refractivity (Wildman–Crippen MR) is 123 cm³/mol. The Balaban J connectivity index is 1.43. The van der Waals surface area contributed by atoms with Gasteiger partial charge in [0.05, 0.1) is 21.5 Å². The van der Waals surface area contributed by atoms with Crippen molar-refractivity contribution in [1.82, 2.24) is 19.7 Å². The Morgan fingerprint density at radius 2 is 1.81 bits per heavy atom. The van der Waals surface area contributed by atoms with Crippen LogP contribution in [-0.4, -0.2) is 19.7 Å². The van der Waals surface area contributed by atoms with E-state index in [4.69, 9.17) is 9.51 Å². The number of rotatable bonds is 7. The van der Waals surface area contributed by atoms with Crippen LogP contribution in [0.3, 0.4) is 0 Å². The smallest absolute Gasteiger partial charge is 0.262 e. The quantitative estimate of drug-likeness (QED) is 0.257. The Morgan fingerprint density at radius 3 is 2.65 bits per heavy atom. The number of hydrogen-bond donors (Lipinski definition) is 0. The van der Waals surface area contributed by atoms with Crippen LogP contribution in [0.2, 0.25) is 0 Å². The van der Waals surface area contributed by atoms with Gasteiger partial charge in [-0.2, -0.15) is 4.98 Å². The number of benzene rings is 2. The third kappa shape index (κ3) is 4.30. The van der Waals surface area contributed by atoms with E-state index in [0.717, 1.165) is 11.3 Å². The van der Waals surface area contributed by atoms with Crippen LogP contribution < -0.4 is 5.56 Å². The highest BCUT2D eigenvalue weighted by Gasteiger charge is 2.15. The Hall–Kier alpha value is -3.23. The molecule has 3 aromatic heterocycles. The minimum Gasteiger partial charge on any atom is -0.338 e. The Kier molecular flexibility index (Phi) is 5.64. The molecule has 0 atom stereocenters. The van der Waals surface area contributed by atoms with Gasteiger partial charge < -0.3 is 4.52 Å². The summed E-state index contributed by atoms with van der Waals surface area (Å²) in [6.07, 6.45) is 0.747. The first kappa shape index (κ1) is 19.7. The average Bonchev–Trinajstić information content (AvgIpc) is 3.50. The highest BCUT2D eigenvalue weighted by atomic mass is 32.2. The van der Waals surface area contributed by atoms with Crippen molar-refractivity contribution in [3.8, 4) is 10.7 Å². The standard InChI is InChI=1S/C23H18N4O2S2/c28-22-17-9-4-5-10-18(17)24-23(27(22)13-12-16-7-2-1-3-8-16)31-15-20-25-21(26-29-20)19-11-6-14-30-19/h1-11,14H,12-13,15H2. The molecular formula is C23H18N4O2S2. The lowest BCUT2D eigenvalue weighted by Gasteiger charge is -2.12. The molecule has 6 nitrogen and oxygen atoms in total. The number of fused-ring (bicyclic) bond motifs is 1. The van der Waals surface area contributed by atoms with Gasteiger partial charge in [0, 0.05) is 6.54 Å². The molecule has 2 aromatic carbocycles. The van der Waals surface area contributed by atoms with Gasteiger partial charge in [0.1, 0.15) is 0 Å². The van der Waals surface area contributed by atoms with Crippen molar-refractivity contribution in [3.05, 3.63) is 93.9 Å². The van der Waals surface area contributed by atoms with Crippen molar-refractivity contribution in [3.63, 3.8) is 0 Å². The summed E-state index contributed by atoms with van der Waals surface area (Å²) in [5.41, 5.74) is 1.83. The molecule has 0 saturated heterocycles. The predicted octanol–water partition coefficient (Wildman–Crippen LogP) is 5.04. The topological polar surface area (TPSA) is 73.8 Å². The van der Waals surface area contributed by atoms with Crippen LogP contribution in [0.1, 0.15) is 11.5 Å². The lowest BCUT2D eigenvalue weighted by molar-refractivity contribution is 0.391. The average molecular weight is 447 g/mol. The van der Waals surface area contributed by atoms with E-state index in [1.54, 1.807) is 15.9 Å². The zero-order chi connectivity index (χ0) is 21.0. The Morgan fingerprint density at radius 1 is 0.968 bits per heavy atom. The van der Waals surface area contributed by atoms with Gasteiger partial charge in [-0.1, -0.05) is 65.4 Å². The van der Waals surface area contributed by atoms with Crippen molar-refractivity contribution in [1.29, 1.82) is 0 Å². The summed E-state index contributed by atoms with van der Waals surface area (Å²) in [4.78, 5) is 23.4. The molecule has 0 saturated carbocycles. The molecule has 0 aliphatic heterocycles. The van der Waals surface area contributed by atoms with E-state index in [0.29, 0.717) is 40.1 Å². The number of aryl methyl sites for hydroxylation is 1. The zero-order valence-electron chi connectivity index (χ0n) is 16.5. The highest BCUT2D eigenvalue weighted by molar-refractivity contribution is 7.98. The van der Waals surface area contributed by atoms with Gasteiger partial charge in [-0.05, 0) is 35.6 Å². The first-order valence-corrected chi connectivity index (χ1v) is 11.7. The second kappa shape index (κ2) is 8.87. The van der Waals surface area contributed by atoms with E-state index >= 15 is 0 Å². The number of thiophene rings is 1. The third-order valence-corrected chi connectivity index (χ3v) is 6.65. The van der Waals surface area contributed by atoms with Gasteiger partial charge in [-0.3, -0.25) is 9.36 Å². The van der Waals surface area contributed by atoms with E-state index < -0.39 is 0 Å². The fourth-order valence-corrected chi connectivity index (χ4v) is 4.80. The molecule has 0 N–H and O–H groups in total. The van der Waals surface area contributed by atoms with E-state index in [-0.39, 0.29) is 5.56 Å². The molecule has 31 heavy (non-hydrogen) atoms. The fourth-order valence-electron chi connectivity index (χ4n) is 3.29. The lowest BCUT2D eigenvalue weighted by atomic mass is 10.1. The van der Waals surface area contributed by atoms with Crippen LogP contribution in [0.4, 0.5) is 0 Å². The summed E-state index contributed by atoms with van der Waals surface area (Å²) in [7, 11) is 0. The van der Waals surface area contributed by atoms with Crippen LogP contribution in [0.5, 0.6) is 0 Å². The summed E-state index contributed by atoms with van der Waals surface area (Å²) >= 11 is 3.00. The minimum atomic E-state index is -0.0335. The molecule has 8 heteroatoms. The molecule has 0 unspecified atom stereocenters. The molecule has 154 valence electrons. The summed E-state index contributed by atoms with van der Waals surface area (Å²) in [5, 5.41) is 7.31. The monoisotopic (exact) mass is 446 g/mol. The third-order valence-electron chi connectivity index (χ3n) is 4.83. The van der Waals surface area contributed by atoms with Crippen molar-refractivity contribution in [2.75, 3.05) is 0 Å². The van der Waals surface area contributed by atoms with Crippen LogP contribution in [0.25, 0.3) is 21.6 Å². The largest absolute Gasteiger partial charge is 0.338 e. The molecule has 0 amide bonds. The van der Waals surface area contributed by atoms with Gasteiger partial charge >= 0.3 is 0 Å². The van der Waals surface area contributed by atoms with E-state index in [1.165, 1.54) is 17.3 Å². The van der Waals surface area contributed by atoms with Gasteiger partial charge in [0.25, 0.3) is 5.56 Å². The molecule has 0 fully saturated rings. The normalized spacial score (nSPS) is 11.2. The van der Waals surface area contributed by atoms with Gasteiger partial charge in [-0.15, -0.1) is 11.3 Å². The zero-order valence-corrected chi connectivity index (χ0v) is 18.1. The Bertz CT molecular complexity index is 1360. The lowest BCUT2D eigenvalue weighted by Crippen LogP contribution is -2.24. The summed E-state index contributed by atoms with van der Waals surface area (Å²) in [5.74, 6) is 1.53. The summed E-state index contributed by atoms with van der Waals surface area (Å²) < 4.78 is 7.15. The molecule has 0 bridgehead atoms. The maximum absolute atomic E-state index is 13.2. The number of aromatic nitrogens is 4. The molecule has 3 heterocycles. The van der Waals surface area contributed by atoms with Crippen molar-refractivity contribution >= 4 is 34.0 Å². The molecule has 0 spiro atoms. The van der Waals surface area contributed by atoms with Gasteiger partial charge in [0.2, 0.25) is 11.7 Å². The van der Waals surface area contributed by atoms with Gasteiger partial charge in [0.15, 0.2) is 5.16 Å². The molecule has 0 aliphatic carbocycles. The van der Waals surface area contributed by atoms with E-state index in [9.17, 15) is 4.79 Å². The number of thioether (sulfide) groups is 1. The molecule has 5 rings (SSSR count). The second-order valence-corrected chi connectivity index (χ2v) is 8.77. The first-order chi connectivity index (χ1) is 15.3. The van der Waals surface area contributed by atoms with Crippen molar-refractivity contribution in [2.24, 2.45) is 0 Å². The SMILES string of the molecule is O=c1c2ccccc2nc(SCc2nc(-c3cccs3)no2)n1CCc1ccccc1. The first-order valence-electron chi connectivity index (χ1n) is 9.81. The molecule has 5 aromatic rings. The summed E-state index contributed by atoms with van der Waals surface area (Å²) in [6, 6.07) is 21.5. The fraction of sp³-hybridized carbons (Fsp3) is 0.130. The van der Waals surface area contributed by atoms with Crippen LogP contribution in [0, 0.1) is 0 Å². The van der Waals surface area contributed by atoms with E-state index in [2.05, 4.69) is 22.3 Å². The maximum atomic E-state index is 13.2. The van der Waals surface area contributed by atoms with Gasteiger partial charge in [-0.25, -0.2) is 4.98 Å². The van der Waals surface area contributed by atoms with Crippen molar-refractivity contribution < 1.29 is 4.52 Å². The molecule has 0 radical (unpaired) electrons. The van der Waals surface area contributed by atoms with Crippen molar-refractivity contribution in [2.45, 2.75) is 23.9 Å². The maximum Gasteiger partial charge on any atom is 0.262 e. The van der Waals surface area contributed by atoms with Crippen LogP contribution >= 0.6 is 23.1 Å². The van der Waals surface area contributed by atoms with E-state index in [1.807, 2.05) is 60.0 Å². The Labute approximate surface area is 186 Å². The molecule has 0 aliphatic rings. The van der Waals surface area contributed by atoms with Crippen LogP contribution in [0.15, 0.2) is 86.6 Å². The number of hydrogen-bond acceptors (Lipinski definition) is 7. The number of para-hydroxylation sites is 1. The highest BCUT2D eigenvalue weighted by Crippen LogP contribution is 2.25. The second-order valence-electron chi connectivity index (χ2n) is 6.88. The van der Waals surface area contributed by atoms with Crippen LogP contribution in [-0.2, 0) is 18.7 Å². The summed E-state index contributed by atoms with van der Waals surface area (Å²) in [6.45, 7) is 0.549. The minimum absolute atomic E-state index is 0.0335. The molecular weight excluding hydrogens is 428 g/mol.